The molecule has 0 spiro atoms. The van der Waals surface area contributed by atoms with Gasteiger partial charge in [-0.3, -0.25) is 19.3 Å². The lowest BCUT2D eigenvalue weighted by atomic mass is 10.1. The largest absolute Gasteiger partial charge is 0.350 e. The molecule has 3 aromatic carbocycles. The first-order valence-corrected chi connectivity index (χ1v) is 10.8. The lowest BCUT2D eigenvalue weighted by molar-refractivity contribution is -0.138. The van der Waals surface area contributed by atoms with Crippen molar-refractivity contribution in [2.24, 2.45) is 0 Å². The van der Waals surface area contributed by atoms with E-state index in [1.807, 2.05) is 67.6 Å². The third-order valence-corrected chi connectivity index (χ3v) is 5.71. The number of carbonyl (C=O) groups excluding carboxylic acids is 3. The maximum absolute atomic E-state index is 12.8. The molecule has 1 unspecified atom stereocenters. The Morgan fingerprint density at radius 2 is 1.48 bits per heavy atom. The van der Waals surface area contributed by atoms with Crippen molar-refractivity contribution >= 4 is 35.0 Å². The van der Waals surface area contributed by atoms with Crippen LogP contribution in [0.2, 0.25) is 0 Å². The van der Waals surface area contributed by atoms with E-state index in [0.29, 0.717) is 11.3 Å². The second-order valence-corrected chi connectivity index (χ2v) is 8.06. The van der Waals surface area contributed by atoms with Crippen molar-refractivity contribution in [1.29, 1.82) is 0 Å². The van der Waals surface area contributed by atoms with Crippen molar-refractivity contribution < 1.29 is 14.4 Å². The number of hydrogen-bond donors (Lipinski definition) is 2. The quantitative estimate of drug-likeness (QED) is 0.506. The third-order valence-electron chi connectivity index (χ3n) is 5.36. The van der Waals surface area contributed by atoms with Gasteiger partial charge >= 0.3 is 0 Å². The molecule has 0 fully saturated rings. The number of benzene rings is 3. The van der Waals surface area contributed by atoms with Crippen molar-refractivity contribution in [3.8, 4) is 0 Å². The molecule has 7 heteroatoms. The van der Waals surface area contributed by atoms with E-state index in [0.717, 1.165) is 16.0 Å². The Morgan fingerprint density at radius 3 is 2.12 bits per heavy atom. The zero-order valence-electron chi connectivity index (χ0n) is 17.9. The minimum absolute atomic E-state index is 0.0208. The molecule has 33 heavy (non-hydrogen) atoms. The highest BCUT2D eigenvalue weighted by atomic mass is 35.5. The summed E-state index contributed by atoms with van der Waals surface area (Å²) < 4.78 is 0. The molecular formula is C26H22ClN3O3. The van der Waals surface area contributed by atoms with Gasteiger partial charge in [0, 0.05) is 11.3 Å². The lowest BCUT2D eigenvalue weighted by Crippen LogP contribution is -2.31. The van der Waals surface area contributed by atoms with Crippen LogP contribution in [-0.4, -0.2) is 22.6 Å². The molecule has 3 aromatic rings. The maximum Gasteiger partial charge on any atom is 0.279 e. The van der Waals surface area contributed by atoms with Crippen LogP contribution in [0.1, 0.15) is 34.5 Å². The summed E-state index contributed by atoms with van der Waals surface area (Å²) in [5.74, 6) is -1.25. The van der Waals surface area contributed by atoms with E-state index in [1.54, 1.807) is 24.3 Å². The van der Waals surface area contributed by atoms with E-state index in [2.05, 4.69) is 10.6 Å². The van der Waals surface area contributed by atoms with Gasteiger partial charge in [-0.25, -0.2) is 0 Å². The zero-order chi connectivity index (χ0) is 23.4. The molecule has 1 heterocycles. The topological polar surface area (TPSA) is 78.5 Å². The van der Waals surface area contributed by atoms with E-state index in [4.69, 9.17) is 11.6 Å². The molecule has 2 N–H and O–H groups in total. The first-order valence-electron chi connectivity index (χ1n) is 10.5. The van der Waals surface area contributed by atoms with E-state index >= 15 is 0 Å². The van der Waals surface area contributed by atoms with Gasteiger partial charge in [-0.15, -0.1) is 0 Å². The van der Waals surface area contributed by atoms with Gasteiger partial charge in [0.05, 0.1) is 12.6 Å². The molecule has 4 rings (SSSR count). The Morgan fingerprint density at radius 1 is 0.879 bits per heavy atom. The van der Waals surface area contributed by atoms with E-state index in [1.165, 1.54) is 0 Å². The van der Waals surface area contributed by atoms with Crippen LogP contribution in [0.5, 0.6) is 0 Å². The SMILES string of the molecule is CC(NC(=O)c1ccc(NC2=C(Cl)C(=O)N(Cc3ccccc3)C2=O)cc1)c1ccccc1. The van der Waals surface area contributed by atoms with Crippen LogP contribution >= 0.6 is 11.6 Å². The Labute approximate surface area is 196 Å². The van der Waals surface area contributed by atoms with E-state index in [9.17, 15) is 14.4 Å². The standard InChI is InChI=1S/C26H22ClN3O3/c1-17(19-10-6-3-7-11-19)28-24(31)20-12-14-21(15-13-20)29-23-22(27)25(32)30(26(23)33)16-18-8-4-2-5-9-18/h2-15,17,29H,16H2,1H3,(H,28,31). The third kappa shape index (κ3) is 4.96. The predicted octanol–water partition coefficient (Wildman–Crippen LogP) is 4.61. The van der Waals surface area contributed by atoms with Crippen LogP contribution in [0.25, 0.3) is 0 Å². The van der Waals surface area contributed by atoms with Gasteiger partial charge in [0.2, 0.25) is 0 Å². The van der Waals surface area contributed by atoms with Crippen molar-refractivity contribution in [2.75, 3.05) is 5.32 Å². The van der Waals surface area contributed by atoms with Gasteiger partial charge < -0.3 is 10.6 Å². The molecule has 0 aromatic heterocycles. The highest BCUT2D eigenvalue weighted by Gasteiger charge is 2.37. The van der Waals surface area contributed by atoms with E-state index in [-0.39, 0.29) is 29.2 Å². The van der Waals surface area contributed by atoms with Crippen molar-refractivity contribution in [3.05, 3.63) is 112 Å². The zero-order valence-corrected chi connectivity index (χ0v) is 18.7. The first kappa shape index (κ1) is 22.3. The Bertz CT molecular complexity index is 1210. The first-order chi connectivity index (χ1) is 15.9. The molecule has 1 atom stereocenters. The van der Waals surface area contributed by atoms with Gasteiger partial charge in [0.25, 0.3) is 17.7 Å². The lowest BCUT2D eigenvalue weighted by Gasteiger charge is -2.15. The molecule has 3 amide bonds. The number of imide groups is 1. The number of carbonyl (C=O) groups is 3. The molecule has 0 saturated carbocycles. The second kappa shape index (κ2) is 9.71. The summed E-state index contributed by atoms with van der Waals surface area (Å²) in [7, 11) is 0. The smallest absolute Gasteiger partial charge is 0.279 e. The molecule has 0 aliphatic carbocycles. The number of amides is 3. The number of anilines is 1. The van der Waals surface area contributed by atoms with Crippen LogP contribution in [0.4, 0.5) is 5.69 Å². The van der Waals surface area contributed by atoms with Gasteiger partial charge in [-0.1, -0.05) is 72.3 Å². The fourth-order valence-electron chi connectivity index (χ4n) is 3.52. The average molecular weight is 460 g/mol. The maximum atomic E-state index is 12.8. The summed E-state index contributed by atoms with van der Waals surface area (Å²) in [5.41, 5.74) is 2.87. The fraction of sp³-hybridized carbons (Fsp3) is 0.115. The van der Waals surface area contributed by atoms with Crippen molar-refractivity contribution in [1.82, 2.24) is 10.2 Å². The summed E-state index contributed by atoms with van der Waals surface area (Å²) in [6.07, 6.45) is 0. The van der Waals surface area contributed by atoms with Gasteiger partial charge in [-0.2, -0.15) is 0 Å². The summed E-state index contributed by atoms with van der Waals surface area (Å²) in [6, 6.07) is 25.4. The number of hydrogen-bond acceptors (Lipinski definition) is 4. The minimum Gasteiger partial charge on any atom is -0.350 e. The second-order valence-electron chi connectivity index (χ2n) is 7.68. The van der Waals surface area contributed by atoms with Crippen molar-refractivity contribution in [3.63, 3.8) is 0 Å². The van der Waals surface area contributed by atoms with Gasteiger partial charge in [0.1, 0.15) is 10.7 Å². The Kier molecular flexibility index (Phi) is 6.56. The Hall–Kier alpha value is -3.90. The summed E-state index contributed by atoms with van der Waals surface area (Å²) >= 11 is 6.17. The number of nitrogens with one attached hydrogen (secondary N) is 2. The summed E-state index contributed by atoms with van der Waals surface area (Å²) in [4.78, 5) is 39.0. The highest BCUT2D eigenvalue weighted by molar-refractivity contribution is 6.48. The molecule has 0 saturated heterocycles. The molecule has 1 aliphatic heterocycles. The predicted molar refractivity (Wildman–Crippen MR) is 127 cm³/mol. The van der Waals surface area contributed by atoms with Crippen LogP contribution < -0.4 is 10.6 Å². The summed E-state index contributed by atoms with van der Waals surface area (Å²) in [6.45, 7) is 2.06. The molecule has 166 valence electrons. The molecule has 6 nitrogen and oxygen atoms in total. The minimum atomic E-state index is -0.543. The van der Waals surface area contributed by atoms with Gasteiger partial charge in [-0.05, 0) is 42.3 Å². The summed E-state index contributed by atoms with van der Waals surface area (Å²) in [5, 5.41) is 5.72. The molecule has 0 radical (unpaired) electrons. The van der Waals surface area contributed by atoms with Crippen LogP contribution in [0, 0.1) is 0 Å². The normalized spacial score (nSPS) is 14.4. The monoisotopic (exact) mass is 459 g/mol. The number of rotatable bonds is 7. The average Bonchev–Trinajstić information content (AvgIpc) is 3.04. The number of nitrogens with zero attached hydrogens (tertiary/aromatic N) is 1. The van der Waals surface area contributed by atoms with Crippen molar-refractivity contribution in [2.45, 2.75) is 19.5 Å². The molecule has 0 bridgehead atoms. The van der Waals surface area contributed by atoms with E-state index < -0.39 is 11.8 Å². The molecule has 1 aliphatic rings. The van der Waals surface area contributed by atoms with Crippen LogP contribution in [-0.2, 0) is 16.1 Å². The number of halogens is 1. The fourth-order valence-corrected chi connectivity index (χ4v) is 3.75. The van der Waals surface area contributed by atoms with Crippen LogP contribution in [0.3, 0.4) is 0 Å². The highest BCUT2D eigenvalue weighted by Crippen LogP contribution is 2.27. The Balaban J connectivity index is 1.41. The molecular weight excluding hydrogens is 438 g/mol. The van der Waals surface area contributed by atoms with Gasteiger partial charge in [0.15, 0.2) is 0 Å². The van der Waals surface area contributed by atoms with Crippen LogP contribution in [0.15, 0.2) is 95.7 Å².